The molecule has 2 N–H and O–H groups in total. The molecule has 2 aromatic carbocycles. The Kier molecular flexibility index (Phi) is 7.96. The van der Waals surface area contributed by atoms with Crippen molar-refractivity contribution in [1.82, 2.24) is 4.72 Å². The summed E-state index contributed by atoms with van der Waals surface area (Å²) in [4.78, 5) is 12.6. The van der Waals surface area contributed by atoms with Crippen LogP contribution in [0.15, 0.2) is 64.1 Å². The molecular weight excluding hydrogens is 448 g/mol. The van der Waals surface area contributed by atoms with Crippen molar-refractivity contribution in [2.45, 2.75) is 24.3 Å². The van der Waals surface area contributed by atoms with Crippen molar-refractivity contribution in [3.8, 4) is 17.2 Å². The van der Waals surface area contributed by atoms with Gasteiger partial charge in [-0.15, -0.1) is 0 Å². The van der Waals surface area contributed by atoms with E-state index in [2.05, 4.69) is 10.0 Å². The SMILES string of the molecule is COc1ccc(CCC(=O)Nc2cccc(S(=O)(=O)NCc3ccco3)c2)c(OC)c1OC. The molecule has 0 bridgehead atoms. The Bertz CT molecular complexity index is 1190. The van der Waals surface area contributed by atoms with Crippen LogP contribution >= 0.6 is 0 Å². The molecule has 0 radical (unpaired) electrons. The number of anilines is 1. The average molecular weight is 475 g/mol. The minimum absolute atomic E-state index is 0.0269. The quantitative estimate of drug-likeness (QED) is 0.438. The van der Waals surface area contributed by atoms with Crippen molar-refractivity contribution in [1.29, 1.82) is 0 Å². The second kappa shape index (κ2) is 10.9. The molecule has 0 atom stereocenters. The smallest absolute Gasteiger partial charge is 0.241 e. The van der Waals surface area contributed by atoms with Crippen LogP contribution in [0.25, 0.3) is 0 Å². The topological polar surface area (TPSA) is 116 Å². The first-order chi connectivity index (χ1) is 15.9. The third-order valence-electron chi connectivity index (χ3n) is 4.85. The molecule has 0 aliphatic rings. The Labute approximate surface area is 192 Å². The van der Waals surface area contributed by atoms with Crippen LogP contribution < -0.4 is 24.2 Å². The van der Waals surface area contributed by atoms with Crippen LogP contribution in [0, 0.1) is 0 Å². The van der Waals surface area contributed by atoms with E-state index in [1.807, 2.05) is 6.07 Å². The monoisotopic (exact) mass is 474 g/mol. The van der Waals surface area contributed by atoms with Gasteiger partial charge in [0.05, 0.1) is 39.0 Å². The zero-order valence-electron chi connectivity index (χ0n) is 18.6. The van der Waals surface area contributed by atoms with Crippen LogP contribution in [0.2, 0.25) is 0 Å². The second-order valence-electron chi connectivity index (χ2n) is 6.97. The molecule has 0 unspecified atom stereocenters. The maximum Gasteiger partial charge on any atom is 0.241 e. The highest BCUT2D eigenvalue weighted by molar-refractivity contribution is 7.89. The van der Waals surface area contributed by atoms with E-state index in [-0.39, 0.29) is 23.8 Å². The number of ether oxygens (including phenoxy) is 3. The summed E-state index contributed by atoms with van der Waals surface area (Å²) in [6.07, 6.45) is 2.01. The van der Waals surface area contributed by atoms with E-state index in [9.17, 15) is 13.2 Å². The predicted octanol–water partition coefficient (Wildman–Crippen LogP) is 3.36. The Morgan fingerprint density at radius 1 is 0.970 bits per heavy atom. The second-order valence-corrected chi connectivity index (χ2v) is 8.74. The van der Waals surface area contributed by atoms with Crippen molar-refractivity contribution in [2.24, 2.45) is 0 Å². The maximum atomic E-state index is 12.6. The molecule has 0 spiro atoms. The fourth-order valence-electron chi connectivity index (χ4n) is 3.24. The predicted molar refractivity (Wildman–Crippen MR) is 122 cm³/mol. The van der Waals surface area contributed by atoms with Crippen LogP contribution in [0.4, 0.5) is 5.69 Å². The molecule has 9 nitrogen and oxygen atoms in total. The fraction of sp³-hybridized carbons (Fsp3) is 0.261. The lowest BCUT2D eigenvalue weighted by atomic mass is 10.1. The van der Waals surface area contributed by atoms with Gasteiger partial charge in [0.2, 0.25) is 21.7 Å². The summed E-state index contributed by atoms with van der Waals surface area (Å²) < 4.78 is 48.8. The first-order valence-corrected chi connectivity index (χ1v) is 11.6. The summed E-state index contributed by atoms with van der Waals surface area (Å²) in [6, 6.07) is 13.0. The van der Waals surface area contributed by atoms with Crippen LogP contribution in [-0.2, 0) is 27.8 Å². The van der Waals surface area contributed by atoms with Gasteiger partial charge in [0.25, 0.3) is 0 Å². The summed E-state index contributed by atoms with van der Waals surface area (Å²) in [5, 5.41) is 2.74. The van der Waals surface area contributed by atoms with E-state index in [1.54, 1.807) is 30.3 Å². The van der Waals surface area contributed by atoms with E-state index < -0.39 is 10.0 Å². The van der Waals surface area contributed by atoms with E-state index in [1.165, 1.54) is 39.7 Å². The molecule has 0 saturated carbocycles. The molecule has 0 saturated heterocycles. The summed E-state index contributed by atoms with van der Waals surface area (Å²) in [6.45, 7) is 0.0269. The van der Waals surface area contributed by atoms with Crippen LogP contribution in [0.1, 0.15) is 17.7 Å². The van der Waals surface area contributed by atoms with Gasteiger partial charge < -0.3 is 23.9 Å². The lowest BCUT2D eigenvalue weighted by Gasteiger charge is -2.15. The van der Waals surface area contributed by atoms with Gasteiger partial charge in [-0.25, -0.2) is 13.1 Å². The minimum atomic E-state index is -3.78. The van der Waals surface area contributed by atoms with E-state index >= 15 is 0 Å². The molecule has 1 heterocycles. The molecule has 3 aromatic rings. The molecular formula is C23H26N2O7S. The number of hydrogen-bond donors (Lipinski definition) is 2. The number of furan rings is 1. The van der Waals surface area contributed by atoms with Crippen LogP contribution in [-0.4, -0.2) is 35.7 Å². The molecule has 10 heteroatoms. The number of hydrogen-bond acceptors (Lipinski definition) is 7. The Morgan fingerprint density at radius 3 is 2.42 bits per heavy atom. The van der Waals surface area contributed by atoms with E-state index in [0.29, 0.717) is 35.1 Å². The molecule has 3 rings (SSSR count). The van der Waals surface area contributed by atoms with E-state index in [0.717, 1.165) is 5.56 Å². The molecule has 33 heavy (non-hydrogen) atoms. The first kappa shape index (κ1) is 24.1. The zero-order chi connectivity index (χ0) is 23.8. The van der Waals surface area contributed by atoms with Gasteiger partial charge in [-0.3, -0.25) is 4.79 Å². The maximum absolute atomic E-state index is 12.6. The molecule has 0 fully saturated rings. The van der Waals surface area contributed by atoms with Crippen molar-refractivity contribution >= 4 is 21.6 Å². The first-order valence-electron chi connectivity index (χ1n) is 10.1. The third-order valence-corrected chi connectivity index (χ3v) is 6.25. The summed E-state index contributed by atoms with van der Waals surface area (Å²) in [5.74, 6) is 1.71. The lowest BCUT2D eigenvalue weighted by molar-refractivity contribution is -0.116. The van der Waals surface area contributed by atoms with Crippen LogP contribution in [0.3, 0.4) is 0 Å². The highest BCUT2D eigenvalue weighted by atomic mass is 32.2. The summed E-state index contributed by atoms with van der Waals surface area (Å²) in [5.41, 5.74) is 1.16. The van der Waals surface area contributed by atoms with Crippen molar-refractivity contribution < 1.29 is 31.8 Å². The van der Waals surface area contributed by atoms with Gasteiger partial charge in [-0.05, 0) is 48.4 Å². The summed E-state index contributed by atoms with van der Waals surface area (Å²) >= 11 is 0. The number of carbonyl (C=O) groups excluding carboxylic acids is 1. The lowest BCUT2D eigenvalue weighted by Crippen LogP contribution is -2.23. The average Bonchev–Trinajstić information content (AvgIpc) is 3.34. The largest absolute Gasteiger partial charge is 0.493 e. The number of aryl methyl sites for hydroxylation is 1. The van der Waals surface area contributed by atoms with Gasteiger partial charge in [0.1, 0.15) is 5.76 Å². The van der Waals surface area contributed by atoms with Gasteiger partial charge >= 0.3 is 0 Å². The van der Waals surface area contributed by atoms with Crippen LogP contribution in [0.5, 0.6) is 17.2 Å². The van der Waals surface area contributed by atoms with Gasteiger partial charge in [-0.1, -0.05) is 12.1 Å². The van der Waals surface area contributed by atoms with Gasteiger partial charge in [0.15, 0.2) is 11.5 Å². The van der Waals surface area contributed by atoms with Gasteiger partial charge in [-0.2, -0.15) is 0 Å². The van der Waals surface area contributed by atoms with Crippen molar-refractivity contribution in [2.75, 3.05) is 26.6 Å². The number of benzene rings is 2. The van der Waals surface area contributed by atoms with Crippen molar-refractivity contribution in [3.05, 3.63) is 66.1 Å². The number of nitrogens with one attached hydrogen (secondary N) is 2. The number of carbonyl (C=O) groups is 1. The summed E-state index contributed by atoms with van der Waals surface area (Å²) in [7, 11) is 0.792. The number of amides is 1. The number of methoxy groups -OCH3 is 3. The molecule has 176 valence electrons. The molecule has 0 aliphatic heterocycles. The fourth-order valence-corrected chi connectivity index (χ4v) is 4.27. The highest BCUT2D eigenvalue weighted by Gasteiger charge is 2.18. The highest BCUT2D eigenvalue weighted by Crippen LogP contribution is 2.40. The normalized spacial score (nSPS) is 11.1. The molecule has 0 aliphatic carbocycles. The standard InChI is InChI=1S/C23H26N2O7S/c1-29-20-11-9-16(22(30-2)23(20)31-3)10-12-21(26)25-17-6-4-8-19(14-17)33(27,28)24-15-18-7-5-13-32-18/h4-9,11,13-14,24H,10,12,15H2,1-3H3,(H,25,26). The Balaban J connectivity index is 1.64. The van der Waals surface area contributed by atoms with Gasteiger partial charge in [0, 0.05) is 12.1 Å². The molecule has 1 amide bonds. The molecule has 1 aromatic heterocycles. The number of rotatable bonds is 11. The zero-order valence-corrected chi connectivity index (χ0v) is 19.4. The van der Waals surface area contributed by atoms with E-state index in [4.69, 9.17) is 18.6 Å². The van der Waals surface area contributed by atoms with Crippen molar-refractivity contribution in [3.63, 3.8) is 0 Å². The number of sulfonamides is 1. The minimum Gasteiger partial charge on any atom is -0.493 e. The third kappa shape index (κ3) is 6.05. The Morgan fingerprint density at radius 2 is 1.76 bits per heavy atom. The Hall–Kier alpha value is -3.50.